The molecular formula is C10H13NO3. The van der Waals surface area contributed by atoms with Crippen molar-refractivity contribution in [1.29, 1.82) is 0 Å². The summed E-state index contributed by atoms with van der Waals surface area (Å²) in [5.41, 5.74) is 3.75. The van der Waals surface area contributed by atoms with E-state index < -0.39 is 17.6 Å². The van der Waals surface area contributed by atoms with Gasteiger partial charge < -0.3 is 15.9 Å². The van der Waals surface area contributed by atoms with Crippen molar-refractivity contribution in [3.05, 3.63) is 35.9 Å². The Bertz CT molecular complexity index is 323. The van der Waals surface area contributed by atoms with Crippen molar-refractivity contribution in [3.8, 4) is 0 Å². The summed E-state index contributed by atoms with van der Waals surface area (Å²) >= 11 is 0. The average Bonchev–Trinajstić information content (AvgIpc) is 2.17. The molecule has 0 bridgehead atoms. The van der Waals surface area contributed by atoms with Crippen LogP contribution in [0.4, 0.5) is 0 Å². The van der Waals surface area contributed by atoms with Gasteiger partial charge in [-0.25, -0.2) is 4.79 Å². The fourth-order valence-electron chi connectivity index (χ4n) is 1.27. The van der Waals surface area contributed by atoms with E-state index in [1.54, 1.807) is 18.2 Å². The molecule has 2 atom stereocenters. The minimum Gasteiger partial charge on any atom is -0.479 e. The summed E-state index contributed by atoms with van der Waals surface area (Å²) in [7, 11) is 0. The highest BCUT2D eigenvalue weighted by Crippen LogP contribution is 2.24. The smallest absolute Gasteiger partial charge is 0.342 e. The second-order valence-corrected chi connectivity index (χ2v) is 3.23. The van der Waals surface area contributed by atoms with E-state index in [1.165, 1.54) is 19.1 Å². The molecule has 4 nitrogen and oxygen atoms in total. The standard InChI is InChI=1S/C10H13NO3/c1-7(11)10(14,9(12)13)8-5-3-2-4-6-8/h2-7,14H,11H2,1H3,(H,12,13). The number of rotatable bonds is 3. The van der Waals surface area contributed by atoms with Crippen LogP contribution in [0.15, 0.2) is 30.3 Å². The molecule has 0 aromatic heterocycles. The Kier molecular flexibility index (Phi) is 2.88. The number of aliphatic hydroxyl groups is 1. The zero-order valence-electron chi connectivity index (χ0n) is 7.84. The summed E-state index contributed by atoms with van der Waals surface area (Å²) < 4.78 is 0. The summed E-state index contributed by atoms with van der Waals surface area (Å²) in [6, 6.07) is 7.27. The second-order valence-electron chi connectivity index (χ2n) is 3.23. The largest absolute Gasteiger partial charge is 0.479 e. The zero-order chi connectivity index (χ0) is 10.8. The number of nitrogens with two attached hydrogens (primary N) is 1. The predicted molar refractivity (Wildman–Crippen MR) is 51.6 cm³/mol. The zero-order valence-corrected chi connectivity index (χ0v) is 7.84. The molecule has 0 spiro atoms. The molecule has 1 aromatic rings. The molecular weight excluding hydrogens is 182 g/mol. The third kappa shape index (κ3) is 1.62. The van der Waals surface area contributed by atoms with E-state index >= 15 is 0 Å². The summed E-state index contributed by atoms with van der Waals surface area (Å²) in [5, 5.41) is 18.8. The second kappa shape index (κ2) is 3.77. The Labute approximate surface area is 82.0 Å². The molecule has 0 fully saturated rings. The van der Waals surface area contributed by atoms with Gasteiger partial charge >= 0.3 is 5.97 Å². The molecule has 0 aliphatic carbocycles. The normalized spacial score (nSPS) is 17.1. The molecule has 0 heterocycles. The van der Waals surface area contributed by atoms with Gasteiger partial charge in [0.2, 0.25) is 5.60 Å². The molecule has 0 aliphatic heterocycles. The number of aliphatic carboxylic acids is 1. The number of benzene rings is 1. The Morgan fingerprint density at radius 2 is 1.93 bits per heavy atom. The van der Waals surface area contributed by atoms with Crippen molar-refractivity contribution in [1.82, 2.24) is 0 Å². The van der Waals surface area contributed by atoms with Crippen molar-refractivity contribution in [2.24, 2.45) is 5.73 Å². The van der Waals surface area contributed by atoms with Crippen LogP contribution in [0, 0.1) is 0 Å². The quantitative estimate of drug-likeness (QED) is 0.648. The lowest BCUT2D eigenvalue weighted by Crippen LogP contribution is -2.49. The van der Waals surface area contributed by atoms with Gasteiger partial charge in [-0.3, -0.25) is 0 Å². The molecule has 0 saturated carbocycles. The Balaban J connectivity index is 3.20. The van der Waals surface area contributed by atoms with Crippen LogP contribution >= 0.6 is 0 Å². The first kappa shape index (κ1) is 10.7. The van der Waals surface area contributed by atoms with E-state index in [0.29, 0.717) is 5.56 Å². The van der Waals surface area contributed by atoms with Gasteiger partial charge in [-0.2, -0.15) is 0 Å². The maximum atomic E-state index is 10.9. The average molecular weight is 195 g/mol. The molecule has 2 unspecified atom stereocenters. The minimum absolute atomic E-state index is 0.294. The third-order valence-electron chi connectivity index (χ3n) is 2.20. The molecule has 1 aromatic carbocycles. The maximum absolute atomic E-state index is 10.9. The van der Waals surface area contributed by atoms with Crippen LogP contribution in [0.2, 0.25) is 0 Å². The van der Waals surface area contributed by atoms with Crippen molar-refractivity contribution in [2.45, 2.75) is 18.6 Å². The van der Waals surface area contributed by atoms with Crippen LogP contribution < -0.4 is 5.73 Å². The van der Waals surface area contributed by atoms with Crippen LogP contribution in [-0.2, 0) is 10.4 Å². The molecule has 1 rings (SSSR count). The predicted octanol–water partition coefficient (Wildman–Crippen LogP) is 0.306. The van der Waals surface area contributed by atoms with E-state index in [1.807, 2.05) is 0 Å². The summed E-state index contributed by atoms with van der Waals surface area (Å²) in [6.07, 6.45) is 0. The van der Waals surface area contributed by atoms with Crippen molar-refractivity contribution < 1.29 is 15.0 Å². The third-order valence-corrected chi connectivity index (χ3v) is 2.20. The van der Waals surface area contributed by atoms with Crippen molar-refractivity contribution >= 4 is 5.97 Å². The number of carboxylic acid groups (broad SMARTS) is 1. The fourth-order valence-corrected chi connectivity index (χ4v) is 1.27. The number of hydrogen-bond acceptors (Lipinski definition) is 3. The number of carbonyl (C=O) groups is 1. The van der Waals surface area contributed by atoms with Crippen LogP contribution in [0.5, 0.6) is 0 Å². The van der Waals surface area contributed by atoms with Crippen LogP contribution in [0.3, 0.4) is 0 Å². The van der Waals surface area contributed by atoms with Gasteiger partial charge in [0.15, 0.2) is 0 Å². The highest BCUT2D eigenvalue weighted by Gasteiger charge is 2.41. The van der Waals surface area contributed by atoms with Crippen molar-refractivity contribution in [3.63, 3.8) is 0 Å². The van der Waals surface area contributed by atoms with Gasteiger partial charge in [-0.05, 0) is 12.5 Å². The molecule has 0 amide bonds. The summed E-state index contributed by atoms with van der Waals surface area (Å²) in [4.78, 5) is 10.9. The Hall–Kier alpha value is -1.39. The monoisotopic (exact) mass is 195 g/mol. The fraction of sp³-hybridized carbons (Fsp3) is 0.300. The van der Waals surface area contributed by atoms with E-state index in [9.17, 15) is 9.90 Å². The first-order valence-corrected chi connectivity index (χ1v) is 4.26. The minimum atomic E-state index is -2.01. The summed E-state index contributed by atoms with van der Waals surface area (Å²) in [6.45, 7) is 1.46. The van der Waals surface area contributed by atoms with Crippen LogP contribution in [0.25, 0.3) is 0 Å². The lowest BCUT2D eigenvalue weighted by atomic mass is 9.88. The van der Waals surface area contributed by atoms with Gasteiger partial charge in [0, 0.05) is 6.04 Å². The molecule has 4 heteroatoms. The molecule has 0 radical (unpaired) electrons. The van der Waals surface area contributed by atoms with Gasteiger partial charge in [0.05, 0.1) is 0 Å². The maximum Gasteiger partial charge on any atom is 0.342 e. The first-order valence-electron chi connectivity index (χ1n) is 4.26. The molecule has 4 N–H and O–H groups in total. The molecule has 76 valence electrons. The SMILES string of the molecule is CC(N)C(O)(C(=O)O)c1ccccc1. The number of hydrogen-bond donors (Lipinski definition) is 3. The number of carboxylic acids is 1. The molecule has 14 heavy (non-hydrogen) atoms. The summed E-state index contributed by atoms with van der Waals surface area (Å²) in [5.74, 6) is -1.33. The lowest BCUT2D eigenvalue weighted by molar-refractivity contribution is -0.161. The topological polar surface area (TPSA) is 83.5 Å². The van der Waals surface area contributed by atoms with Gasteiger partial charge in [0.1, 0.15) is 0 Å². The van der Waals surface area contributed by atoms with Gasteiger partial charge in [-0.15, -0.1) is 0 Å². The van der Waals surface area contributed by atoms with Crippen LogP contribution in [0.1, 0.15) is 12.5 Å². The van der Waals surface area contributed by atoms with Crippen LogP contribution in [-0.4, -0.2) is 22.2 Å². The van der Waals surface area contributed by atoms with Crippen molar-refractivity contribution in [2.75, 3.05) is 0 Å². The molecule has 0 saturated heterocycles. The lowest BCUT2D eigenvalue weighted by Gasteiger charge is -2.27. The first-order chi connectivity index (χ1) is 6.49. The van der Waals surface area contributed by atoms with E-state index in [0.717, 1.165) is 0 Å². The van der Waals surface area contributed by atoms with Gasteiger partial charge in [-0.1, -0.05) is 30.3 Å². The molecule has 0 aliphatic rings. The Morgan fingerprint density at radius 3 is 2.29 bits per heavy atom. The van der Waals surface area contributed by atoms with E-state index in [-0.39, 0.29) is 0 Å². The van der Waals surface area contributed by atoms with E-state index in [4.69, 9.17) is 10.8 Å². The van der Waals surface area contributed by atoms with Gasteiger partial charge in [0.25, 0.3) is 0 Å². The van der Waals surface area contributed by atoms with E-state index in [2.05, 4.69) is 0 Å². The Morgan fingerprint density at radius 1 is 1.43 bits per heavy atom. The highest BCUT2D eigenvalue weighted by molar-refractivity contribution is 5.80. The highest BCUT2D eigenvalue weighted by atomic mass is 16.4.